The van der Waals surface area contributed by atoms with Gasteiger partial charge in [0.25, 0.3) is 0 Å². The second-order valence-electron chi connectivity index (χ2n) is 6.24. The fourth-order valence-electron chi connectivity index (χ4n) is 3.02. The van der Waals surface area contributed by atoms with E-state index in [1.165, 1.54) is 11.1 Å². The number of benzene rings is 2. The lowest BCUT2D eigenvalue weighted by molar-refractivity contribution is 0.483. The summed E-state index contributed by atoms with van der Waals surface area (Å²) in [5, 5.41) is 8.29. The lowest BCUT2D eigenvalue weighted by atomic mass is 10.1. The maximum atomic E-state index is 5.39. The Balaban J connectivity index is 1.55. The first-order chi connectivity index (χ1) is 12.9. The van der Waals surface area contributed by atoms with Crippen molar-refractivity contribution in [3.63, 3.8) is 0 Å². The standard InChI is InChI=1S/C22H21N3O/c1-3-8-18(9-4-1)16-25-17-20(14-23-15-21-12-7-13-26-21)22(24-25)19-10-5-2-6-11-19/h1-13,17,23H,14-16H2. The summed E-state index contributed by atoms with van der Waals surface area (Å²) in [5.41, 5.74) is 4.57. The van der Waals surface area contributed by atoms with Crippen LogP contribution in [-0.4, -0.2) is 9.78 Å². The van der Waals surface area contributed by atoms with Crippen molar-refractivity contribution < 1.29 is 4.42 Å². The zero-order valence-electron chi connectivity index (χ0n) is 14.5. The molecule has 0 aliphatic carbocycles. The third-order valence-electron chi connectivity index (χ3n) is 4.27. The highest BCUT2D eigenvalue weighted by Crippen LogP contribution is 2.22. The van der Waals surface area contributed by atoms with Crippen molar-refractivity contribution in [2.75, 3.05) is 0 Å². The number of furan rings is 1. The monoisotopic (exact) mass is 343 g/mol. The summed E-state index contributed by atoms with van der Waals surface area (Å²) < 4.78 is 7.40. The van der Waals surface area contributed by atoms with Crippen molar-refractivity contribution in [3.8, 4) is 11.3 Å². The summed E-state index contributed by atoms with van der Waals surface area (Å²) in [6.07, 6.45) is 3.83. The van der Waals surface area contributed by atoms with E-state index in [1.54, 1.807) is 6.26 Å². The first kappa shape index (κ1) is 16.4. The maximum Gasteiger partial charge on any atom is 0.117 e. The van der Waals surface area contributed by atoms with E-state index in [0.717, 1.165) is 30.1 Å². The van der Waals surface area contributed by atoms with E-state index in [1.807, 2.05) is 41.1 Å². The zero-order valence-corrected chi connectivity index (χ0v) is 14.5. The van der Waals surface area contributed by atoms with Crippen LogP contribution in [0.25, 0.3) is 11.3 Å². The molecule has 0 aliphatic heterocycles. The van der Waals surface area contributed by atoms with Crippen LogP contribution in [0.5, 0.6) is 0 Å². The van der Waals surface area contributed by atoms with Crippen molar-refractivity contribution >= 4 is 0 Å². The predicted octanol–water partition coefficient (Wildman–Crippen LogP) is 4.48. The highest BCUT2D eigenvalue weighted by atomic mass is 16.3. The van der Waals surface area contributed by atoms with Crippen LogP contribution in [0, 0.1) is 0 Å². The van der Waals surface area contributed by atoms with E-state index in [0.29, 0.717) is 6.54 Å². The molecule has 4 heteroatoms. The van der Waals surface area contributed by atoms with Gasteiger partial charge in [-0.15, -0.1) is 0 Å². The molecule has 2 aromatic carbocycles. The maximum absolute atomic E-state index is 5.39. The molecule has 4 rings (SSSR count). The van der Waals surface area contributed by atoms with Gasteiger partial charge in [0.2, 0.25) is 0 Å². The summed E-state index contributed by atoms with van der Waals surface area (Å²) in [4.78, 5) is 0. The Hall–Kier alpha value is -3.11. The Bertz CT molecular complexity index is 928. The van der Waals surface area contributed by atoms with E-state index in [-0.39, 0.29) is 0 Å². The number of hydrogen-bond acceptors (Lipinski definition) is 3. The fourth-order valence-corrected chi connectivity index (χ4v) is 3.02. The predicted molar refractivity (Wildman–Crippen MR) is 102 cm³/mol. The molecule has 0 saturated carbocycles. The molecule has 0 fully saturated rings. The van der Waals surface area contributed by atoms with Crippen molar-refractivity contribution in [1.29, 1.82) is 0 Å². The SMILES string of the molecule is c1ccc(Cn2cc(CNCc3ccco3)c(-c3ccccc3)n2)cc1. The molecule has 0 bridgehead atoms. The van der Waals surface area contributed by atoms with Gasteiger partial charge in [0, 0.05) is 23.9 Å². The Morgan fingerprint density at radius 1 is 0.846 bits per heavy atom. The van der Waals surface area contributed by atoms with Crippen LogP contribution in [0.15, 0.2) is 89.7 Å². The molecule has 0 saturated heterocycles. The number of nitrogens with zero attached hydrogens (tertiary/aromatic N) is 2. The average Bonchev–Trinajstić information content (AvgIpc) is 3.34. The number of nitrogens with one attached hydrogen (secondary N) is 1. The molecule has 0 amide bonds. The molecule has 0 unspecified atom stereocenters. The van der Waals surface area contributed by atoms with E-state index in [9.17, 15) is 0 Å². The minimum Gasteiger partial charge on any atom is -0.468 e. The lowest BCUT2D eigenvalue weighted by Crippen LogP contribution is -2.12. The molecule has 4 aromatic rings. The zero-order chi connectivity index (χ0) is 17.6. The van der Waals surface area contributed by atoms with Gasteiger partial charge < -0.3 is 9.73 Å². The lowest BCUT2D eigenvalue weighted by Gasteiger charge is -2.03. The molecule has 1 N–H and O–H groups in total. The summed E-state index contributed by atoms with van der Waals surface area (Å²) in [5.74, 6) is 0.933. The third kappa shape index (κ3) is 3.92. The molecule has 130 valence electrons. The molecular weight excluding hydrogens is 322 g/mol. The second kappa shape index (κ2) is 7.85. The molecule has 2 aromatic heterocycles. The summed E-state index contributed by atoms with van der Waals surface area (Å²) in [6.45, 7) is 2.20. The van der Waals surface area contributed by atoms with Crippen molar-refractivity contribution in [2.24, 2.45) is 0 Å². The van der Waals surface area contributed by atoms with Gasteiger partial charge in [-0.25, -0.2) is 0 Å². The van der Waals surface area contributed by atoms with Crippen LogP contribution < -0.4 is 5.32 Å². The van der Waals surface area contributed by atoms with Crippen molar-refractivity contribution in [3.05, 3.63) is 102 Å². The van der Waals surface area contributed by atoms with Gasteiger partial charge in [-0.05, 0) is 17.7 Å². The van der Waals surface area contributed by atoms with Crippen LogP contribution in [-0.2, 0) is 19.6 Å². The number of rotatable bonds is 7. The quantitative estimate of drug-likeness (QED) is 0.538. The van der Waals surface area contributed by atoms with Crippen LogP contribution in [0.1, 0.15) is 16.9 Å². The van der Waals surface area contributed by atoms with E-state index in [4.69, 9.17) is 9.52 Å². The van der Waals surface area contributed by atoms with Gasteiger partial charge in [-0.3, -0.25) is 4.68 Å². The Kier molecular flexibility index (Phi) is 4.94. The number of hydrogen-bond donors (Lipinski definition) is 1. The van der Waals surface area contributed by atoms with Gasteiger partial charge >= 0.3 is 0 Å². The Morgan fingerprint density at radius 2 is 1.62 bits per heavy atom. The Morgan fingerprint density at radius 3 is 2.35 bits per heavy atom. The average molecular weight is 343 g/mol. The smallest absolute Gasteiger partial charge is 0.117 e. The van der Waals surface area contributed by atoms with Crippen LogP contribution in [0.3, 0.4) is 0 Å². The third-order valence-corrected chi connectivity index (χ3v) is 4.27. The summed E-state index contributed by atoms with van der Waals surface area (Å²) in [6, 6.07) is 24.6. The van der Waals surface area contributed by atoms with E-state index < -0.39 is 0 Å². The summed E-state index contributed by atoms with van der Waals surface area (Å²) >= 11 is 0. The van der Waals surface area contributed by atoms with Gasteiger partial charge in [-0.2, -0.15) is 5.10 Å². The molecular formula is C22H21N3O. The minimum atomic E-state index is 0.699. The molecule has 26 heavy (non-hydrogen) atoms. The Labute approximate surface area is 153 Å². The first-order valence-electron chi connectivity index (χ1n) is 8.77. The highest BCUT2D eigenvalue weighted by Gasteiger charge is 2.11. The minimum absolute atomic E-state index is 0.699. The molecule has 4 nitrogen and oxygen atoms in total. The topological polar surface area (TPSA) is 43.0 Å². The normalized spacial score (nSPS) is 10.9. The van der Waals surface area contributed by atoms with Crippen molar-refractivity contribution in [1.82, 2.24) is 15.1 Å². The van der Waals surface area contributed by atoms with Gasteiger partial charge in [-0.1, -0.05) is 60.7 Å². The van der Waals surface area contributed by atoms with Crippen LogP contribution >= 0.6 is 0 Å². The highest BCUT2D eigenvalue weighted by molar-refractivity contribution is 5.62. The first-order valence-corrected chi connectivity index (χ1v) is 8.77. The van der Waals surface area contributed by atoms with Crippen LogP contribution in [0.2, 0.25) is 0 Å². The van der Waals surface area contributed by atoms with E-state index in [2.05, 4.69) is 47.9 Å². The fraction of sp³-hybridized carbons (Fsp3) is 0.136. The van der Waals surface area contributed by atoms with Gasteiger partial charge in [0.15, 0.2) is 0 Å². The van der Waals surface area contributed by atoms with Gasteiger partial charge in [0.05, 0.1) is 25.0 Å². The summed E-state index contributed by atoms with van der Waals surface area (Å²) in [7, 11) is 0. The van der Waals surface area contributed by atoms with E-state index >= 15 is 0 Å². The van der Waals surface area contributed by atoms with Gasteiger partial charge in [0.1, 0.15) is 5.76 Å². The largest absolute Gasteiger partial charge is 0.468 e. The molecule has 2 heterocycles. The second-order valence-corrected chi connectivity index (χ2v) is 6.24. The van der Waals surface area contributed by atoms with Crippen molar-refractivity contribution in [2.45, 2.75) is 19.6 Å². The molecule has 0 atom stereocenters. The molecule has 0 aliphatic rings. The van der Waals surface area contributed by atoms with Crippen LogP contribution in [0.4, 0.5) is 0 Å². The number of aromatic nitrogens is 2. The molecule has 0 radical (unpaired) electrons. The molecule has 0 spiro atoms.